The summed E-state index contributed by atoms with van der Waals surface area (Å²) in [5, 5.41) is 14.5. The van der Waals surface area contributed by atoms with Gasteiger partial charge in [-0.05, 0) is 36.8 Å². The summed E-state index contributed by atoms with van der Waals surface area (Å²) in [5.74, 6) is -0.0542. The Labute approximate surface area is 157 Å². The molecule has 2 aromatic rings. The number of anilines is 1. The minimum atomic E-state index is -0.760. The Morgan fingerprint density at radius 1 is 1.22 bits per heavy atom. The zero-order chi connectivity index (χ0) is 19.4. The molecule has 6 heteroatoms. The average Bonchev–Trinajstić information content (AvgIpc) is 3.04. The number of para-hydroxylation sites is 1. The molecule has 1 unspecified atom stereocenters. The molecule has 1 fully saturated rings. The zero-order valence-electron chi connectivity index (χ0n) is 15.5. The van der Waals surface area contributed by atoms with Crippen LogP contribution in [0.2, 0.25) is 0 Å². The lowest BCUT2D eigenvalue weighted by atomic mass is 9.75. The van der Waals surface area contributed by atoms with Crippen LogP contribution in [-0.2, 0) is 10.2 Å². The second-order valence-electron chi connectivity index (χ2n) is 7.70. The van der Waals surface area contributed by atoms with E-state index in [1.807, 2.05) is 25.1 Å². The highest BCUT2D eigenvalue weighted by Gasteiger charge is 2.59. The van der Waals surface area contributed by atoms with Gasteiger partial charge in [-0.25, -0.2) is 0 Å². The molecule has 6 nitrogen and oxygen atoms in total. The van der Waals surface area contributed by atoms with Crippen molar-refractivity contribution < 1.29 is 9.72 Å². The fourth-order valence-electron chi connectivity index (χ4n) is 4.29. The van der Waals surface area contributed by atoms with Crippen LogP contribution in [0.25, 0.3) is 6.08 Å². The molecule has 2 aliphatic rings. The third-order valence-electron chi connectivity index (χ3n) is 5.76. The first-order chi connectivity index (χ1) is 12.8. The standard InChI is InChI=1S/C21H21N3O3/c1-14-8-9-18-16(12-14)20(2,3)21(22-19(25)13-23(18)21)11-10-15-6-4-5-7-17(15)24(26)27/h4-12H,13H2,1-3H3,(H,22,25). The summed E-state index contributed by atoms with van der Waals surface area (Å²) in [4.78, 5) is 25.3. The zero-order valence-corrected chi connectivity index (χ0v) is 15.5. The Morgan fingerprint density at radius 2 is 1.96 bits per heavy atom. The summed E-state index contributed by atoms with van der Waals surface area (Å²) in [7, 11) is 0. The molecular weight excluding hydrogens is 342 g/mol. The van der Waals surface area contributed by atoms with E-state index in [0.29, 0.717) is 5.56 Å². The van der Waals surface area contributed by atoms with Gasteiger partial charge in [0.2, 0.25) is 5.91 Å². The van der Waals surface area contributed by atoms with E-state index in [0.717, 1.165) is 16.8 Å². The third-order valence-corrected chi connectivity index (χ3v) is 5.76. The van der Waals surface area contributed by atoms with Crippen LogP contribution in [0.3, 0.4) is 0 Å². The SMILES string of the molecule is Cc1ccc2c(c1)C(C)(C)C1(C=Cc3ccccc3[N+](=O)[O-])NC(=O)CN21. The van der Waals surface area contributed by atoms with Crippen LogP contribution in [0.5, 0.6) is 0 Å². The van der Waals surface area contributed by atoms with Crippen molar-refractivity contribution >= 4 is 23.4 Å². The van der Waals surface area contributed by atoms with Crippen molar-refractivity contribution in [3.05, 3.63) is 75.3 Å². The first-order valence-electron chi connectivity index (χ1n) is 8.89. The van der Waals surface area contributed by atoms with Crippen molar-refractivity contribution in [1.29, 1.82) is 0 Å². The van der Waals surface area contributed by atoms with Gasteiger partial charge in [0.05, 0.1) is 17.0 Å². The number of carbonyl (C=O) groups is 1. The van der Waals surface area contributed by atoms with E-state index < -0.39 is 11.1 Å². The van der Waals surface area contributed by atoms with Gasteiger partial charge in [0.15, 0.2) is 0 Å². The number of amides is 1. The molecule has 2 aromatic carbocycles. The van der Waals surface area contributed by atoms with Gasteiger partial charge in [-0.3, -0.25) is 14.9 Å². The van der Waals surface area contributed by atoms with Gasteiger partial charge in [0.1, 0.15) is 5.66 Å². The summed E-state index contributed by atoms with van der Waals surface area (Å²) in [6, 6.07) is 12.9. The Kier molecular flexibility index (Phi) is 3.63. The molecule has 138 valence electrons. The van der Waals surface area contributed by atoms with Gasteiger partial charge in [-0.2, -0.15) is 0 Å². The van der Waals surface area contributed by atoms with E-state index in [1.165, 1.54) is 6.07 Å². The van der Waals surface area contributed by atoms with Crippen LogP contribution in [0.15, 0.2) is 48.5 Å². The van der Waals surface area contributed by atoms with Gasteiger partial charge < -0.3 is 10.2 Å². The molecule has 1 saturated heterocycles. The molecule has 0 saturated carbocycles. The Bertz CT molecular complexity index is 996. The predicted octanol–water partition coefficient (Wildman–Crippen LogP) is 3.54. The van der Waals surface area contributed by atoms with Crippen molar-refractivity contribution in [2.75, 3.05) is 11.4 Å². The predicted molar refractivity (Wildman–Crippen MR) is 105 cm³/mol. The maximum Gasteiger partial charge on any atom is 0.276 e. The fraction of sp³-hybridized carbons (Fsp3) is 0.286. The van der Waals surface area contributed by atoms with Crippen LogP contribution >= 0.6 is 0 Å². The van der Waals surface area contributed by atoms with Crippen molar-refractivity contribution in [2.24, 2.45) is 0 Å². The second-order valence-corrected chi connectivity index (χ2v) is 7.70. The first kappa shape index (κ1) is 17.3. The summed E-state index contributed by atoms with van der Waals surface area (Å²) in [6.45, 7) is 6.51. The summed E-state index contributed by atoms with van der Waals surface area (Å²) in [5.41, 5.74) is 2.74. The van der Waals surface area contributed by atoms with E-state index in [1.54, 1.807) is 24.3 Å². The van der Waals surface area contributed by atoms with Crippen molar-refractivity contribution in [2.45, 2.75) is 31.8 Å². The highest BCUT2D eigenvalue weighted by atomic mass is 16.6. The van der Waals surface area contributed by atoms with Gasteiger partial charge >= 0.3 is 0 Å². The monoisotopic (exact) mass is 363 g/mol. The molecule has 0 spiro atoms. The van der Waals surface area contributed by atoms with E-state index in [9.17, 15) is 14.9 Å². The van der Waals surface area contributed by atoms with E-state index in [4.69, 9.17) is 0 Å². The molecule has 1 N–H and O–H groups in total. The molecule has 0 bridgehead atoms. The molecule has 2 aliphatic heterocycles. The molecular formula is C21H21N3O3. The van der Waals surface area contributed by atoms with Gasteiger partial charge in [0.25, 0.3) is 5.69 Å². The van der Waals surface area contributed by atoms with Crippen molar-refractivity contribution in [1.82, 2.24) is 5.32 Å². The maximum absolute atomic E-state index is 12.3. The third kappa shape index (κ3) is 2.36. The van der Waals surface area contributed by atoms with Crippen LogP contribution in [0.1, 0.15) is 30.5 Å². The highest BCUT2D eigenvalue weighted by molar-refractivity contribution is 5.91. The number of nitro groups is 1. The van der Waals surface area contributed by atoms with Crippen molar-refractivity contribution in [3.8, 4) is 0 Å². The Hall–Kier alpha value is -3.15. The molecule has 0 aliphatic carbocycles. The topological polar surface area (TPSA) is 75.5 Å². The number of nitro benzene ring substituents is 1. The van der Waals surface area contributed by atoms with E-state index in [-0.39, 0.29) is 23.1 Å². The smallest absolute Gasteiger partial charge is 0.276 e. The summed E-state index contributed by atoms with van der Waals surface area (Å²) < 4.78 is 0. The van der Waals surface area contributed by atoms with Crippen LogP contribution in [0.4, 0.5) is 11.4 Å². The van der Waals surface area contributed by atoms with Gasteiger partial charge in [0, 0.05) is 17.2 Å². The lowest BCUT2D eigenvalue weighted by Gasteiger charge is -2.40. The number of nitrogens with one attached hydrogen (secondary N) is 1. The summed E-state index contributed by atoms with van der Waals surface area (Å²) >= 11 is 0. The number of hydrogen-bond acceptors (Lipinski definition) is 4. The quantitative estimate of drug-likeness (QED) is 0.668. The van der Waals surface area contributed by atoms with Gasteiger partial charge in [-0.1, -0.05) is 43.7 Å². The Balaban J connectivity index is 1.86. The molecule has 2 heterocycles. The number of benzene rings is 2. The average molecular weight is 363 g/mol. The minimum absolute atomic E-state index is 0.0465. The molecule has 4 rings (SSSR count). The molecule has 1 amide bonds. The molecule has 1 atom stereocenters. The molecule has 0 aromatic heterocycles. The first-order valence-corrected chi connectivity index (χ1v) is 8.89. The minimum Gasteiger partial charge on any atom is -0.335 e. The number of rotatable bonds is 3. The normalized spacial score (nSPS) is 22.6. The van der Waals surface area contributed by atoms with E-state index >= 15 is 0 Å². The lowest BCUT2D eigenvalue weighted by Crippen LogP contribution is -2.58. The Morgan fingerprint density at radius 3 is 2.70 bits per heavy atom. The second kappa shape index (κ2) is 5.67. The van der Waals surface area contributed by atoms with Crippen LogP contribution in [-0.4, -0.2) is 23.0 Å². The maximum atomic E-state index is 12.3. The number of fused-ring (bicyclic) bond motifs is 3. The van der Waals surface area contributed by atoms with E-state index in [2.05, 4.69) is 30.1 Å². The number of aryl methyl sites for hydroxylation is 1. The van der Waals surface area contributed by atoms with Crippen LogP contribution in [0, 0.1) is 17.0 Å². The largest absolute Gasteiger partial charge is 0.335 e. The molecule has 0 radical (unpaired) electrons. The van der Waals surface area contributed by atoms with Crippen LogP contribution < -0.4 is 10.2 Å². The summed E-state index contributed by atoms with van der Waals surface area (Å²) in [6.07, 6.45) is 3.65. The number of carbonyl (C=O) groups excluding carboxylic acids is 1. The fourth-order valence-corrected chi connectivity index (χ4v) is 4.29. The highest BCUT2D eigenvalue weighted by Crippen LogP contribution is 2.53. The lowest BCUT2D eigenvalue weighted by molar-refractivity contribution is -0.385. The molecule has 27 heavy (non-hydrogen) atoms. The van der Waals surface area contributed by atoms with Gasteiger partial charge in [-0.15, -0.1) is 0 Å². The van der Waals surface area contributed by atoms with Crippen molar-refractivity contribution in [3.63, 3.8) is 0 Å². The number of nitrogens with zero attached hydrogens (tertiary/aromatic N) is 2. The number of hydrogen-bond donors (Lipinski definition) is 1.